The number of ether oxygens (including phenoxy) is 1. The molecule has 0 saturated carbocycles. The van der Waals surface area contributed by atoms with Gasteiger partial charge < -0.3 is 4.74 Å². The van der Waals surface area contributed by atoms with Crippen LogP contribution >= 0.6 is 15.9 Å². The fourth-order valence-corrected chi connectivity index (χ4v) is 2.46. The zero-order valence-electron chi connectivity index (χ0n) is 14.4. The summed E-state index contributed by atoms with van der Waals surface area (Å²) in [4.78, 5) is 12.1. The van der Waals surface area contributed by atoms with E-state index in [4.69, 9.17) is 4.74 Å². The summed E-state index contributed by atoms with van der Waals surface area (Å²) in [6.45, 7) is 2.90. The van der Waals surface area contributed by atoms with Crippen molar-refractivity contribution in [3.8, 4) is 5.75 Å². The molecule has 0 aliphatic heterocycles. The molecule has 0 unspecified atom stereocenters. The molecule has 0 atom stereocenters. The molecule has 132 valence electrons. The quantitative estimate of drug-likeness (QED) is 0.357. The van der Waals surface area contributed by atoms with Gasteiger partial charge in [-0.25, -0.2) is 5.43 Å². The summed E-state index contributed by atoms with van der Waals surface area (Å²) in [6.07, 6.45) is 6.31. The van der Waals surface area contributed by atoms with Gasteiger partial charge in [0.15, 0.2) is 0 Å². The molecule has 0 aliphatic carbocycles. The lowest BCUT2D eigenvalue weighted by Gasteiger charge is -2.06. The third-order valence-electron chi connectivity index (χ3n) is 3.63. The number of halogens is 1. The summed E-state index contributed by atoms with van der Waals surface area (Å²) in [5, 5.41) is 3.98. The SMILES string of the molecule is CCCCCCOc1ccc(C(=O)NN=Cc2ccc(Br)cc2)cc1. The van der Waals surface area contributed by atoms with Crippen LogP contribution in [-0.2, 0) is 0 Å². The number of hydrogen-bond donors (Lipinski definition) is 1. The number of nitrogens with zero attached hydrogens (tertiary/aromatic N) is 1. The second kappa shape index (κ2) is 10.7. The molecule has 2 aromatic carbocycles. The van der Waals surface area contributed by atoms with Crippen molar-refractivity contribution in [2.24, 2.45) is 5.10 Å². The molecular formula is C20H23BrN2O2. The van der Waals surface area contributed by atoms with E-state index in [-0.39, 0.29) is 5.91 Å². The lowest BCUT2D eigenvalue weighted by Crippen LogP contribution is -2.17. The largest absolute Gasteiger partial charge is 0.494 e. The summed E-state index contributed by atoms with van der Waals surface area (Å²) < 4.78 is 6.67. The molecule has 0 spiro atoms. The number of nitrogens with one attached hydrogen (secondary N) is 1. The Hall–Kier alpha value is -2.14. The van der Waals surface area contributed by atoms with Crippen molar-refractivity contribution in [3.63, 3.8) is 0 Å². The molecule has 1 N–H and O–H groups in total. The van der Waals surface area contributed by atoms with Crippen LogP contribution in [0.3, 0.4) is 0 Å². The van der Waals surface area contributed by atoms with Gasteiger partial charge in [-0.2, -0.15) is 5.10 Å². The van der Waals surface area contributed by atoms with Gasteiger partial charge in [-0.1, -0.05) is 54.2 Å². The second-order valence-corrected chi connectivity index (χ2v) is 6.60. The van der Waals surface area contributed by atoms with Gasteiger partial charge in [0.25, 0.3) is 5.91 Å². The molecule has 2 aromatic rings. The van der Waals surface area contributed by atoms with Gasteiger partial charge in [0.05, 0.1) is 12.8 Å². The van der Waals surface area contributed by atoms with Crippen molar-refractivity contribution in [3.05, 3.63) is 64.1 Å². The van der Waals surface area contributed by atoms with E-state index in [2.05, 4.69) is 33.4 Å². The summed E-state index contributed by atoms with van der Waals surface area (Å²) >= 11 is 3.38. The van der Waals surface area contributed by atoms with Gasteiger partial charge in [0, 0.05) is 10.0 Å². The summed E-state index contributed by atoms with van der Waals surface area (Å²) in [5.74, 6) is 0.536. The average molecular weight is 403 g/mol. The van der Waals surface area contributed by atoms with Crippen LogP contribution in [0.15, 0.2) is 58.1 Å². The van der Waals surface area contributed by atoms with Crippen molar-refractivity contribution in [1.29, 1.82) is 0 Å². The fourth-order valence-electron chi connectivity index (χ4n) is 2.20. The highest BCUT2D eigenvalue weighted by atomic mass is 79.9. The lowest BCUT2D eigenvalue weighted by atomic mass is 10.2. The molecule has 0 heterocycles. The third kappa shape index (κ3) is 7.10. The van der Waals surface area contributed by atoms with E-state index in [1.807, 2.05) is 36.4 Å². The monoisotopic (exact) mass is 402 g/mol. The Labute approximate surface area is 157 Å². The fraction of sp³-hybridized carbons (Fsp3) is 0.300. The van der Waals surface area contributed by atoms with Crippen molar-refractivity contribution >= 4 is 28.1 Å². The standard InChI is InChI=1S/C20H23BrN2O2/c1-2-3-4-5-14-25-19-12-8-17(9-13-19)20(24)23-22-15-16-6-10-18(21)11-7-16/h6-13,15H,2-5,14H2,1H3,(H,23,24). The lowest BCUT2D eigenvalue weighted by molar-refractivity contribution is 0.0955. The minimum Gasteiger partial charge on any atom is -0.494 e. The van der Waals surface area contributed by atoms with Crippen LogP contribution in [0.1, 0.15) is 48.5 Å². The predicted octanol–water partition coefficient (Wildman–Crippen LogP) is 5.17. The second-order valence-electron chi connectivity index (χ2n) is 5.68. The smallest absolute Gasteiger partial charge is 0.271 e. The first-order valence-corrected chi connectivity index (χ1v) is 9.30. The Balaban J connectivity index is 1.78. The Morgan fingerprint density at radius 2 is 1.80 bits per heavy atom. The highest BCUT2D eigenvalue weighted by Gasteiger charge is 2.04. The van der Waals surface area contributed by atoms with E-state index < -0.39 is 0 Å². The third-order valence-corrected chi connectivity index (χ3v) is 4.16. The summed E-state index contributed by atoms with van der Waals surface area (Å²) in [7, 11) is 0. The first-order chi connectivity index (χ1) is 12.2. The van der Waals surface area contributed by atoms with Gasteiger partial charge in [-0.05, 0) is 48.4 Å². The number of carbonyl (C=O) groups is 1. The molecule has 0 saturated heterocycles. The van der Waals surface area contributed by atoms with E-state index in [1.165, 1.54) is 19.3 Å². The Morgan fingerprint density at radius 3 is 2.48 bits per heavy atom. The van der Waals surface area contributed by atoms with Crippen LogP contribution in [0, 0.1) is 0 Å². The van der Waals surface area contributed by atoms with Crippen molar-refractivity contribution in [1.82, 2.24) is 5.43 Å². The van der Waals surface area contributed by atoms with E-state index in [0.29, 0.717) is 12.2 Å². The maximum absolute atomic E-state index is 12.1. The van der Waals surface area contributed by atoms with E-state index in [0.717, 1.165) is 22.2 Å². The van der Waals surface area contributed by atoms with Crippen molar-refractivity contribution < 1.29 is 9.53 Å². The van der Waals surface area contributed by atoms with Gasteiger partial charge in [-0.3, -0.25) is 4.79 Å². The number of hydrazone groups is 1. The number of hydrogen-bond acceptors (Lipinski definition) is 3. The topological polar surface area (TPSA) is 50.7 Å². The van der Waals surface area contributed by atoms with E-state index in [9.17, 15) is 4.79 Å². The molecule has 0 radical (unpaired) electrons. The van der Waals surface area contributed by atoms with E-state index >= 15 is 0 Å². The first-order valence-electron chi connectivity index (χ1n) is 8.51. The van der Waals surface area contributed by atoms with Crippen LogP contribution in [0.25, 0.3) is 0 Å². The molecule has 1 amide bonds. The van der Waals surface area contributed by atoms with Gasteiger partial charge in [0.2, 0.25) is 0 Å². The minimum absolute atomic E-state index is 0.247. The molecule has 2 rings (SSSR count). The molecule has 0 bridgehead atoms. The Kier molecular flexibility index (Phi) is 8.19. The van der Waals surface area contributed by atoms with Crippen molar-refractivity contribution in [2.75, 3.05) is 6.61 Å². The Morgan fingerprint density at radius 1 is 1.08 bits per heavy atom. The average Bonchev–Trinajstić information content (AvgIpc) is 2.63. The van der Waals surface area contributed by atoms with Gasteiger partial charge >= 0.3 is 0 Å². The van der Waals surface area contributed by atoms with Crippen LogP contribution in [0.2, 0.25) is 0 Å². The zero-order chi connectivity index (χ0) is 17.9. The summed E-state index contributed by atoms with van der Waals surface area (Å²) in [5.41, 5.74) is 3.99. The van der Waals surface area contributed by atoms with Gasteiger partial charge in [-0.15, -0.1) is 0 Å². The van der Waals surface area contributed by atoms with Crippen molar-refractivity contribution in [2.45, 2.75) is 32.6 Å². The minimum atomic E-state index is -0.247. The molecule has 5 heteroatoms. The molecule has 25 heavy (non-hydrogen) atoms. The summed E-state index contributed by atoms with van der Waals surface area (Å²) in [6, 6.07) is 14.8. The van der Waals surface area contributed by atoms with Gasteiger partial charge in [0.1, 0.15) is 5.75 Å². The normalized spacial score (nSPS) is 10.8. The number of rotatable bonds is 9. The predicted molar refractivity (Wildman–Crippen MR) is 105 cm³/mol. The van der Waals surface area contributed by atoms with E-state index in [1.54, 1.807) is 18.3 Å². The highest BCUT2D eigenvalue weighted by molar-refractivity contribution is 9.10. The van der Waals surface area contributed by atoms with Crippen LogP contribution in [0.4, 0.5) is 0 Å². The van der Waals surface area contributed by atoms with Crippen LogP contribution in [0.5, 0.6) is 5.75 Å². The number of benzene rings is 2. The van der Waals surface area contributed by atoms with Crippen LogP contribution in [-0.4, -0.2) is 18.7 Å². The maximum Gasteiger partial charge on any atom is 0.271 e. The number of amides is 1. The van der Waals surface area contributed by atoms with Crippen LogP contribution < -0.4 is 10.2 Å². The molecule has 0 aromatic heterocycles. The zero-order valence-corrected chi connectivity index (χ0v) is 16.0. The first kappa shape index (κ1) is 19.2. The number of carbonyl (C=O) groups excluding carboxylic acids is 1. The Bertz CT molecular complexity index is 682. The molecular weight excluding hydrogens is 380 g/mol. The molecule has 0 aliphatic rings. The highest BCUT2D eigenvalue weighted by Crippen LogP contribution is 2.13. The number of unbranched alkanes of at least 4 members (excludes halogenated alkanes) is 3. The maximum atomic E-state index is 12.1. The molecule has 4 nitrogen and oxygen atoms in total. The molecule has 0 fully saturated rings.